The Labute approximate surface area is 149 Å². The fourth-order valence-corrected chi connectivity index (χ4v) is 3.02. The van der Waals surface area contributed by atoms with Crippen molar-refractivity contribution < 1.29 is 4.74 Å². The van der Waals surface area contributed by atoms with Crippen molar-refractivity contribution in [3.63, 3.8) is 0 Å². The number of benzene rings is 1. The fraction of sp³-hybridized carbons (Fsp3) is 0.588. The van der Waals surface area contributed by atoms with Crippen LogP contribution in [0.3, 0.4) is 0 Å². The van der Waals surface area contributed by atoms with Crippen molar-refractivity contribution in [1.29, 1.82) is 0 Å². The number of morpholine rings is 1. The number of thiocarbonyl (C=S) groups is 1. The summed E-state index contributed by atoms with van der Waals surface area (Å²) in [5.41, 5.74) is 1.95. The van der Waals surface area contributed by atoms with Gasteiger partial charge in [0.25, 0.3) is 0 Å². The first-order chi connectivity index (χ1) is 10.9. The maximum atomic E-state index is 6.12. The summed E-state index contributed by atoms with van der Waals surface area (Å²) in [6.45, 7) is 11.0. The van der Waals surface area contributed by atoms with E-state index in [0.717, 1.165) is 42.5 Å². The molecular formula is C17H26ClN3OS. The van der Waals surface area contributed by atoms with Crippen LogP contribution in [0.4, 0.5) is 5.69 Å². The number of aryl methyl sites for hydroxylation is 1. The van der Waals surface area contributed by atoms with Crippen LogP contribution in [0.15, 0.2) is 18.2 Å². The molecule has 6 heteroatoms. The van der Waals surface area contributed by atoms with Crippen molar-refractivity contribution in [2.24, 2.45) is 5.92 Å². The number of ether oxygens (including phenoxy) is 1. The normalized spacial score (nSPS) is 18.9. The third-order valence-electron chi connectivity index (χ3n) is 3.77. The Morgan fingerprint density at radius 3 is 2.96 bits per heavy atom. The maximum Gasteiger partial charge on any atom is 0.170 e. The van der Waals surface area contributed by atoms with Gasteiger partial charge in [-0.1, -0.05) is 31.5 Å². The molecule has 1 aromatic carbocycles. The van der Waals surface area contributed by atoms with Gasteiger partial charge in [-0.3, -0.25) is 4.90 Å². The van der Waals surface area contributed by atoms with Gasteiger partial charge in [-0.2, -0.15) is 0 Å². The number of nitrogens with zero attached hydrogens (tertiary/aromatic N) is 1. The highest BCUT2D eigenvalue weighted by molar-refractivity contribution is 7.80. The average Bonchev–Trinajstić information content (AvgIpc) is 2.49. The Bertz CT molecular complexity index is 539. The average molecular weight is 356 g/mol. The predicted octanol–water partition coefficient (Wildman–Crippen LogP) is 3.29. The second-order valence-corrected chi connectivity index (χ2v) is 7.26. The molecule has 1 aliphatic rings. The van der Waals surface area contributed by atoms with Crippen LogP contribution in [0.5, 0.6) is 0 Å². The van der Waals surface area contributed by atoms with E-state index in [1.54, 1.807) is 0 Å². The molecule has 1 heterocycles. The van der Waals surface area contributed by atoms with Crippen LogP contribution in [-0.2, 0) is 4.74 Å². The molecule has 128 valence electrons. The van der Waals surface area contributed by atoms with Gasteiger partial charge < -0.3 is 15.4 Å². The van der Waals surface area contributed by atoms with E-state index in [4.69, 9.17) is 28.6 Å². The van der Waals surface area contributed by atoms with Crippen molar-refractivity contribution in [2.75, 3.05) is 38.1 Å². The first-order valence-corrected chi connectivity index (χ1v) is 8.87. The predicted molar refractivity (Wildman–Crippen MR) is 101 cm³/mol. The van der Waals surface area contributed by atoms with Crippen molar-refractivity contribution in [2.45, 2.75) is 26.9 Å². The molecule has 0 spiro atoms. The highest BCUT2D eigenvalue weighted by Gasteiger charge is 2.20. The Balaban J connectivity index is 1.76. The van der Waals surface area contributed by atoms with E-state index in [1.807, 2.05) is 25.1 Å². The summed E-state index contributed by atoms with van der Waals surface area (Å²) in [4.78, 5) is 2.46. The largest absolute Gasteiger partial charge is 0.374 e. The molecule has 4 nitrogen and oxygen atoms in total. The molecule has 1 fully saturated rings. The lowest BCUT2D eigenvalue weighted by atomic mass is 10.2. The second-order valence-electron chi connectivity index (χ2n) is 6.45. The van der Waals surface area contributed by atoms with Crippen LogP contribution >= 0.6 is 23.8 Å². The molecule has 2 N–H and O–H groups in total. The van der Waals surface area contributed by atoms with Crippen molar-refractivity contribution >= 4 is 34.6 Å². The lowest BCUT2D eigenvalue weighted by molar-refractivity contribution is -0.0283. The van der Waals surface area contributed by atoms with Gasteiger partial charge in [-0.15, -0.1) is 0 Å². The zero-order valence-electron chi connectivity index (χ0n) is 14.1. The van der Waals surface area contributed by atoms with Crippen molar-refractivity contribution in [1.82, 2.24) is 10.2 Å². The van der Waals surface area contributed by atoms with E-state index in [0.29, 0.717) is 17.6 Å². The molecule has 0 bridgehead atoms. The molecule has 23 heavy (non-hydrogen) atoms. The van der Waals surface area contributed by atoms with Crippen LogP contribution in [-0.4, -0.2) is 48.9 Å². The fourth-order valence-electron chi connectivity index (χ4n) is 2.64. The molecule has 0 saturated carbocycles. The second kappa shape index (κ2) is 8.83. The number of anilines is 1. The number of rotatable bonds is 5. The summed E-state index contributed by atoms with van der Waals surface area (Å²) in [5, 5.41) is 7.72. The van der Waals surface area contributed by atoms with E-state index in [-0.39, 0.29) is 6.10 Å². The lowest BCUT2D eigenvalue weighted by Crippen LogP contribution is -2.48. The molecule has 1 aliphatic heterocycles. The van der Waals surface area contributed by atoms with Crippen molar-refractivity contribution in [3.8, 4) is 0 Å². The summed E-state index contributed by atoms with van der Waals surface area (Å²) in [6, 6.07) is 5.82. The third-order valence-corrected chi connectivity index (χ3v) is 4.42. The zero-order chi connectivity index (χ0) is 16.8. The van der Waals surface area contributed by atoms with E-state index in [9.17, 15) is 0 Å². The number of hydrogen-bond acceptors (Lipinski definition) is 3. The quantitative estimate of drug-likeness (QED) is 0.793. The SMILES string of the molecule is Cc1ccc(NC(=S)NC[C@H]2CN(CC(C)C)CCO2)cc1Cl. The molecule has 0 amide bonds. The van der Waals surface area contributed by atoms with Gasteiger partial charge in [-0.05, 0) is 42.8 Å². The van der Waals surface area contributed by atoms with Crippen LogP contribution in [0.2, 0.25) is 5.02 Å². The van der Waals surface area contributed by atoms with Crippen molar-refractivity contribution in [3.05, 3.63) is 28.8 Å². The van der Waals surface area contributed by atoms with Gasteiger partial charge >= 0.3 is 0 Å². The Kier molecular flexibility index (Phi) is 7.09. The van der Waals surface area contributed by atoms with Crippen LogP contribution in [0.1, 0.15) is 19.4 Å². The van der Waals surface area contributed by atoms with Gasteiger partial charge in [0.15, 0.2) is 5.11 Å². The minimum atomic E-state index is 0.170. The van der Waals surface area contributed by atoms with Gasteiger partial charge in [-0.25, -0.2) is 0 Å². The Morgan fingerprint density at radius 1 is 1.48 bits per heavy atom. The number of hydrogen-bond donors (Lipinski definition) is 2. The Morgan fingerprint density at radius 2 is 2.26 bits per heavy atom. The van der Waals surface area contributed by atoms with E-state index in [1.165, 1.54) is 0 Å². The van der Waals surface area contributed by atoms with Gasteiger partial charge in [0.2, 0.25) is 0 Å². The topological polar surface area (TPSA) is 36.5 Å². The molecule has 1 saturated heterocycles. The van der Waals surface area contributed by atoms with Crippen LogP contribution in [0, 0.1) is 12.8 Å². The number of halogens is 1. The highest BCUT2D eigenvalue weighted by atomic mass is 35.5. The number of nitrogens with one attached hydrogen (secondary N) is 2. The zero-order valence-corrected chi connectivity index (χ0v) is 15.6. The van der Waals surface area contributed by atoms with Crippen LogP contribution < -0.4 is 10.6 Å². The molecule has 0 unspecified atom stereocenters. The standard InChI is InChI=1S/C17H26ClN3OS/c1-12(2)10-21-6-7-22-15(11-21)9-19-17(23)20-14-5-4-13(3)16(18)8-14/h4-5,8,12,15H,6-7,9-11H2,1-3H3,(H2,19,20,23)/t15-/m0/s1. The Hall–Kier alpha value is -0.880. The first-order valence-electron chi connectivity index (χ1n) is 8.09. The van der Waals surface area contributed by atoms with E-state index < -0.39 is 0 Å². The van der Waals surface area contributed by atoms with E-state index >= 15 is 0 Å². The molecule has 0 aliphatic carbocycles. The van der Waals surface area contributed by atoms with Gasteiger partial charge in [0.05, 0.1) is 12.7 Å². The maximum absolute atomic E-state index is 6.12. The summed E-state index contributed by atoms with van der Waals surface area (Å²) in [7, 11) is 0. The molecule has 0 radical (unpaired) electrons. The molecule has 2 rings (SSSR count). The lowest BCUT2D eigenvalue weighted by Gasteiger charge is -2.34. The third kappa shape index (κ3) is 6.26. The summed E-state index contributed by atoms with van der Waals surface area (Å²) >= 11 is 11.5. The molecular weight excluding hydrogens is 330 g/mol. The van der Waals surface area contributed by atoms with Gasteiger partial charge in [0.1, 0.15) is 0 Å². The monoisotopic (exact) mass is 355 g/mol. The summed E-state index contributed by atoms with van der Waals surface area (Å²) in [5.74, 6) is 0.677. The summed E-state index contributed by atoms with van der Waals surface area (Å²) < 4.78 is 5.81. The smallest absolute Gasteiger partial charge is 0.170 e. The molecule has 1 atom stereocenters. The molecule has 0 aromatic heterocycles. The minimum Gasteiger partial charge on any atom is -0.374 e. The van der Waals surface area contributed by atoms with E-state index in [2.05, 4.69) is 29.4 Å². The first kappa shape index (κ1) is 18.5. The summed E-state index contributed by atoms with van der Waals surface area (Å²) in [6.07, 6.45) is 0.170. The van der Waals surface area contributed by atoms with Crippen LogP contribution in [0.25, 0.3) is 0 Å². The molecule has 1 aromatic rings. The van der Waals surface area contributed by atoms with Gasteiger partial charge in [0, 0.05) is 36.9 Å². The minimum absolute atomic E-state index is 0.170. The highest BCUT2D eigenvalue weighted by Crippen LogP contribution is 2.19.